The van der Waals surface area contributed by atoms with E-state index in [1.54, 1.807) is 12.1 Å². The number of nitro groups is 1. The van der Waals surface area contributed by atoms with Crippen LogP contribution in [0.1, 0.15) is 21.7 Å². The largest absolute Gasteiger partial charge is 0.433 e. The van der Waals surface area contributed by atoms with Gasteiger partial charge < -0.3 is 4.42 Å². The number of anilines is 1. The normalized spacial score (nSPS) is 11.4. The third kappa shape index (κ3) is 4.09. The lowest BCUT2D eigenvalue weighted by Crippen LogP contribution is -2.25. The summed E-state index contributed by atoms with van der Waals surface area (Å²) in [5.74, 6) is -0.636. The Hall–Kier alpha value is -4.37. The van der Waals surface area contributed by atoms with Gasteiger partial charge in [0.25, 0.3) is 5.91 Å². The van der Waals surface area contributed by atoms with Gasteiger partial charge in [0.1, 0.15) is 4.92 Å². The fraction of sp³-hybridized carbons (Fsp3) is 0.0417. The van der Waals surface area contributed by atoms with Crippen LogP contribution in [0.4, 0.5) is 11.0 Å². The maximum atomic E-state index is 13.5. The van der Waals surface area contributed by atoms with Gasteiger partial charge in [0, 0.05) is 5.56 Å². The maximum Gasteiger partial charge on any atom is 0.433 e. The van der Waals surface area contributed by atoms with E-state index in [9.17, 15) is 14.9 Å². The lowest BCUT2D eigenvalue weighted by Gasteiger charge is -2.14. The molecule has 0 aliphatic heterocycles. The van der Waals surface area contributed by atoms with Crippen LogP contribution in [0, 0.1) is 17.0 Å². The Morgan fingerprint density at radius 1 is 1.09 bits per heavy atom. The average Bonchev–Trinajstić information content (AvgIpc) is 3.46. The first-order valence-electron chi connectivity index (χ1n) is 9.96. The minimum absolute atomic E-state index is 0.148. The van der Waals surface area contributed by atoms with E-state index in [1.807, 2.05) is 55.5 Å². The molecule has 2 heterocycles. The second-order valence-electron chi connectivity index (χ2n) is 7.32. The van der Waals surface area contributed by atoms with Crippen molar-refractivity contribution in [2.45, 2.75) is 6.92 Å². The average molecular weight is 456 g/mol. The quantitative estimate of drug-likeness (QED) is 0.185. The van der Waals surface area contributed by atoms with Crippen molar-refractivity contribution in [1.29, 1.82) is 0 Å². The highest BCUT2D eigenvalue weighted by Crippen LogP contribution is 2.31. The van der Waals surface area contributed by atoms with E-state index in [-0.39, 0.29) is 11.7 Å². The zero-order chi connectivity index (χ0) is 22.9. The third-order valence-electron chi connectivity index (χ3n) is 5.00. The molecule has 0 radical (unpaired) electrons. The molecule has 0 atom stereocenters. The molecule has 0 fully saturated rings. The Morgan fingerprint density at radius 2 is 1.91 bits per heavy atom. The number of rotatable bonds is 5. The summed E-state index contributed by atoms with van der Waals surface area (Å²) in [6.07, 6.45) is 1.27. The van der Waals surface area contributed by atoms with Gasteiger partial charge in [-0.25, -0.2) is 4.98 Å². The molecule has 3 aromatic carbocycles. The minimum Gasteiger partial charge on any atom is -0.400 e. The van der Waals surface area contributed by atoms with Crippen molar-refractivity contribution in [1.82, 2.24) is 4.98 Å². The van der Waals surface area contributed by atoms with Crippen molar-refractivity contribution in [3.05, 3.63) is 99.8 Å². The number of carbonyl (C=O) groups is 1. The van der Waals surface area contributed by atoms with Gasteiger partial charge in [-0.2, -0.15) is 10.1 Å². The van der Waals surface area contributed by atoms with E-state index in [2.05, 4.69) is 10.1 Å². The lowest BCUT2D eigenvalue weighted by atomic mass is 10.1. The van der Waals surface area contributed by atoms with Crippen LogP contribution in [0.3, 0.4) is 0 Å². The molecule has 9 heteroatoms. The molecule has 0 saturated carbocycles. The minimum atomic E-state index is -0.634. The smallest absolute Gasteiger partial charge is 0.400 e. The van der Waals surface area contributed by atoms with Crippen LogP contribution < -0.4 is 5.01 Å². The first-order valence-corrected chi connectivity index (χ1v) is 10.8. The molecular formula is C24H16N4O4S. The highest BCUT2D eigenvalue weighted by Gasteiger charge is 2.22. The van der Waals surface area contributed by atoms with Gasteiger partial charge in [0.05, 0.1) is 22.5 Å². The first-order chi connectivity index (χ1) is 16.0. The molecule has 1 amide bonds. The summed E-state index contributed by atoms with van der Waals surface area (Å²) >= 11 is 1.33. The second-order valence-corrected chi connectivity index (χ2v) is 8.33. The molecule has 0 spiro atoms. The number of hydrazone groups is 1. The predicted octanol–water partition coefficient (Wildman–Crippen LogP) is 5.94. The number of carbonyl (C=O) groups excluding carboxylic acids is 1. The predicted molar refractivity (Wildman–Crippen MR) is 128 cm³/mol. The molecule has 0 unspecified atom stereocenters. The van der Waals surface area contributed by atoms with Gasteiger partial charge in [0.15, 0.2) is 5.76 Å². The molecule has 0 N–H and O–H groups in total. The molecule has 8 nitrogen and oxygen atoms in total. The Morgan fingerprint density at radius 3 is 2.70 bits per heavy atom. The molecule has 5 aromatic rings. The van der Waals surface area contributed by atoms with Crippen molar-refractivity contribution in [3.8, 4) is 0 Å². The maximum absolute atomic E-state index is 13.5. The van der Waals surface area contributed by atoms with Crippen molar-refractivity contribution in [3.63, 3.8) is 0 Å². The van der Waals surface area contributed by atoms with Crippen LogP contribution in [0.2, 0.25) is 0 Å². The van der Waals surface area contributed by atoms with E-state index in [4.69, 9.17) is 4.42 Å². The monoisotopic (exact) mass is 456 g/mol. The van der Waals surface area contributed by atoms with E-state index >= 15 is 0 Å². The summed E-state index contributed by atoms with van der Waals surface area (Å²) in [7, 11) is 0. The molecular weight excluding hydrogens is 440 g/mol. The van der Waals surface area contributed by atoms with E-state index in [0.29, 0.717) is 10.7 Å². The molecule has 162 valence electrons. The summed E-state index contributed by atoms with van der Waals surface area (Å²) in [6.45, 7) is 1.98. The summed E-state index contributed by atoms with van der Waals surface area (Å²) in [5.41, 5.74) is 2.27. The van der Waals surface area contributed by atoms with Crippen LogP contribution in [-0.4, -0.2) is 22.0 Å². The Labute approximate surface area is 191 Å². The van der Waals surface area contributed by atoms with Crippen molar-refractivity contribution < 1.29 is 14.1 Å². The zero-order valence-electron chi connectivity index (χ0n) is 17.3. The number of hydrogen-bond donors (Lipinski definition) is 0. The number of aromatic nitrogens is 1. The summed E-state index contributed by atoms with van der Waals surface area (Å²) in [6, 6.07) is 21.7. The second kappa shape index (κ2) is 8.29. The van der Waals surface area contributed by atoms with Crippen molar-refractivity contribution in [2.75, 3.05) is 5.01 Å². The Balaban J connectivity index is 1.57. The highest BCUT2D eigenvalue weighted by atomic mass is 32.1. The summed E-state index contributed by atoms with van der Waals surface area (Å²) in [5, 5.41) is 18.7. The number of furan rings is 1. The van der Waals surface area contributed by atoms with Gasteiger partial charge in [0.2, 0.25) is 5.13 Å². The van der Waals surface area contributed by atoms with Crippen LogP contribution in [-0.2, 0) is 0 Å². The Kier molecular flexibility index (Phi) is 5.15. The summed E-state index contributed by atoms with van der Waals surface area (Å²) in [4.78, 5) is 28.3. The van der Waals surface area contributed by atoms with Gasteiger partial charge in [-0.3, -0.25) is 14.9 Å². The number of aryl methyl sites for hydroxylation is 1. The van der Waals surface area contributed by atoms with Crippen molar-refractivity contribution in [2.24, 2.45) is 5.10 Å². The SMILES string of the molecule is Cc1ccc2nc(N(/N=C/c3ccc([N+](=O)[O-])o3)C(=O)c3ccc4ccccc4c3)sc2c1. The van der Waals surface area contributed by atoms with Crippen molar-refractivity contribution >= 4 is 55.5 Å². The van der Waals surface area contributed by atoms with Gasteiger partial charge in [-0.15, -0.1) is 0 Å². The molecule has 0 bridgehead atoms. The fourth-order valence-electron chi connectivity index (χ4n) is 3.37. The standard InChI is InChI=1S/C24H16N4O4S/c1-15-6-10-20-21(12-15)33-24(26-20)27(25-14-19-9-11-22(32-19)28(30)31)23(29)18-8-7-16-4-2-3-5-17(16)13-18/h2-14H,1H3/b25-14+. The summed E-state index contributed by atoms with van der Waals surface area (Å²) < 4.78 is 6.07. The molecule has 0 saturated heterocycles. The molecule has 2 aromatic heterocycles. The Bertz CT molecular complexity index is 1550. The van der Waals surface area contributed by atoms with Gasteiger partial charge in [-0.05, 0) is 53.6 Å². The topological polar surface area (TPSA) is 102 Å². The number of benzene rings is 3. The van der Waals surface area contributed by atoms with Crippen LogP contribution in [0.25, 0.3) is 21.0 Å². The van der Waals surface area contributed by atoms with Crippen LogP contribution in [0.15, 0.2) is 82.3 Å². The lowest BCUT2D eigenvalue weighted by molar-refractivity contribution is -0.402. The van der Waals surface area contributed by atoms with E-state index < -0.39 is 10.8 Å². The van der Waals surface area contributed by atoms with E-state index in [1.165, 1.54) is 34.7 Å². The van der Waals surface area contributed by atoms with Crippen LogP contribution in [0.5, 0.6) is 0 Å². The third-order valence-corrected chi connectivity index (χ3v) is 5.99. The number of fused-ring (bicyclic) bond motifs is 2. The number of nitrogens with zero attached hydrogens (tertiary/aromatic N) is 4. The zero-order valence-corrected chi connectivity index (χ0v) is 18.2. The highest BCUT2D eigenvalue weighted by molar-refractivity contribution is 7.22. The van der Waals surface area contributed by atoms with Gasteiger partial charge >= 0.3 is 5.88 Å². The first kappa shape index (κ1) is 20.5. The molecule has 33 heavy (non-hydrogen) atoms. The molecule has 0 aliphatic carbocycles. The van der Waals surface area contributed by atoms with Crippen LogP contribution >= 0.6 is 11.3 Å². The molecule has 0 aliphatic rings. The van der Waals surface area contributed by atoms with E-state index in [0.717, 1.165) is 26.6 Å². The molecule has 5 rings (SSSR count). The van der Waals surface area contributed by atoms with Gasteiger partial charge in [-0.1, -0.05) is 47.7 Å². The number of hydrogen-bond acceptors (Lipinski definition) is 7. The fourth-order valence-corrected chi connectivity index (χ4v) is 4.39. The number of amides is 1. The number of thiazole rings is 1.